The number of carbonyl (C=O) groups excluding carboxylic acids is 2. The van der Waals surface area contributed by atoms with E-state index in [1.807, 2.05) is 19.1 Å². The molecule has 0 bridgehead atoms. The molecule has 6 heteroatoms. The molecule has 1 saturated heterocycles. The van der Waals surface area contributed by atoms with Crippen molar-refractivity contribution in [1.82, 2.24) is 5.32 Å². The number of nitrogens with one attached hydrogen (secondary N) is 1. The highest BCUT2D eigenvalue weighted by molar-refractivity contribution is 6.31. The second-order valence-corrected chi connectivity index (χ2v) is 7.15. The first-order chi connectivity index (χ1) is 12.8. The van der Waals surface area contributed by atoms with Crippen molar-refractivity contribution in [2.75, 3.05) is 12.0 Å². The van der Waals surface area contributed by atoms with Crippen molar-refractivity contribution in [3.05, 3.63) is 63.8 Å². The lowest BCUT2D eigenvalue weighted by Crippen LogP contribution is -2.30. The summed E-state index contributed by atoms with van der Waals surface area (Å²) in [5.41, 5.74) is 3.57. The molecule has 27 heavy (non-hydrogen) atoms. The zero-order valence-corrected chi connectivity index (χ0v) is 16.4. The van der Waals surface area contributed by atoms with Crippen molar-refractivity contribution in [2.45, 2.75) is 26.7 Å². The number of nitrogens with zero attached hydrogens (tertiary/aromatic N) is 1. The number of rotatable bonds is 4. The topological polar surface area (TPSA) is 58.6 Å². The van der Waals surface area contributed by atoms with E-state index < -0.39 is 11.9 Å². The second kappa shape index (κ2) is 7.45. The van der Waals surface area contributed by atoms with Crippen molar-refractivity contribution in [1.29, 1.82) is 0 Å². The van der Waals surface area contributed by atoms with E-state index in [1.54, 1.807) is 37.5 Å². The van der Waals surface area contributed by atoms with E-state index in [-0.39, 0.29) is 11.6 Å². The molecule has 0 radical (unpaired) electrons. The van der Waals surface area contributed by atoms with Gasteiger partial charge in [-0.2, -0.15) is 0 Å². The molecule has 1 aliphatic rings. The van der Waals surface area contributed by atoms with Crippen LogP contribution in [0.25, 0.3) is 6.08 Å². The van der Waals surface area contributed by atoms with E-state index in [0.717, 1.165) is 27.3 Å². The fourth-order valence-electron chi connectivity index (χ4n) is 3.01. The molecule has 3 amide bonds. The van der Waals surface area contributed by atoms with Crippen molar-refractivity contribution in [3.63, 3.8) is 0 Å². The van der Waals surface area contributed by atoms with E-state index in [2.05, 4.69) is 19.2 Å². The molecular formula is C21H21ClN2O3. The highest BCUT2D eigenvalue weighted by Gasteiger charge is 2.34. The molecule has 1 aliphatic heterocycles. The first kappa shape index (κ1) is 19.0. The Morgan fingerprint density at radius 1 is 1.15 bits per heavy atom. The van der Waals surface area contributed by atoms with Crippen LogP contribution in [0.15, 0.2) is 42.1 Å². The van der Waals surface area contributed by atoms with Gasteiger partial charge in [0.1, 0.15) is 11.4 Å². The average Bonchev–Trinajstić information content (AvgIpc) is 2.90. The zero-order chi connectivity index (χ0) is 19.7. The van der Waals surface area contributed by atoms with Gasteiger partial charge in [-0.15, -0.1) is 0 Å². The van der Waals surface area contributed by atoms with Crippen LogP contribution in [-0.4, -0.2) is 19.0 Å². The second-order valence-electron chi connectivity index (χ2n) is 6.71. The van der Waals surface area contributed by atoms with Crippen LogP contribution >= 0.6 is 11.6 Å². The zero-order valence-electron chi connectivity index (χ0n) is 15.7. The molecule has 1 N–H and O–H groups in total. The van der Waals surface area contributed by atoms with Gasteiger partial charge in [-0.25, -0.2) is 9.69 Å². The Hall–Kier alpha value is -2.79. The van der Waals surface area contributed by atoms with Crippen LogP contribution in [0.2, 0.25) is 5.02 Å². The summed E-state index contributed by atoms with van der Waals surface area (Å²) >= 11 is 5.88. The molecule has 1 fully saturated rings. The molecule has 0 atom stereocenters. The minimum atomic E-state index is -0.483. The Kier molecular flexibility index (Phi) is 5.24. The van der Waals surface area contributed by atoms with Crippen LogP contribution < -0.4 is 15.0 Å². The van der Waals surface area contributed by atoms with Crippen LogP contribution in [0.4, 0.5) is 10.5 Å². The number of aryl methyl sites for hydroxylation is 1. The Bertz CT molecular complexity index is 933. The molecule has 0 unspecified atom stereocenters. The van der Waals surface area contributed by atoms with Crippen LogP contribution in [0, 0.1) is 6.92 Å². The SMILES string of the molecule is COc1cc(C)c(/C=C2/NC(=O)N(c3ccc(Cl)cc3)C2=O)cc1C(C)C. The number of amides is 3. The number of imide groups is 1. The van der Waals surface area contributed by atoms with Gasteiger partial charge in [-0.05, 0) is 72.0 Å². The van der Waals surface area contributed by atoms with Gasteiger partial charge in [0, 0.05) is 5.02 Å². The van der Waals surface area contributed by atoms with E-state index in [1.165, 1.54) is 0 Å². The van der Waals surface area contributed by atoms with Crippen LogP contribution in [-0.2, 0) is 4.79 Å². The molecule has 0 aromatic heterocycles. The summed E-state index contributed by atoms with van der Waals surface area (Å²) < 4.78 is 5.46. The molecule has 0 aliphatic carbocycles. The molecule has 2 aromatic rings. The number of halogens is 1. The third-order valence-electron chi connectivity index (χ3n) is 4.50. The monoisotopic (exact) mass is 384 g/mol. The first-order valence-corrected chi connectivity index (χ1v) is 9.01. The highest BCUT2D eigenvalue weighted by atomic mass is 35.5. The minimum Gasteiger partial charge on any atom is -0.496 e. The fourth-order valence-corrected chi connectivity index (χ4v) is 3.14. The lowest BCUT2D eigenvalue weighted by atomic mass is 9.96. The maximum Gasteiger partial charge on any atom is 0.333 e. The van der Waals surface area contributed by atoms with Crippen LogP contribution in [0.3, 0.4) is 0 Å². The third-order valence-corrected chi connectivity index (χ3v) is 4.76. The summed E-state index contributed by atoms with van der Waals surface area (Å²) in [6.07, 6.45) is 1.71. The summed E-state index contributed by atoms with van der Waals surface area (Å²) in [6, 6.07) is 10.0. The van der Waals surface area contributed by atoms with E-state index in [9.17, 15) is 9.59 Å². The number of hydrogen-bond acceptors (Lipinski definition) is 3. The van der Waals surface area contributed by atoms with Crippen molar-refractivity contribution in [2.24, 2.45) is 0 Å². The smallest absolute Gasteiger partial charge is 0.333 e. The van der Waals surface area contributed by atoms with Gasteiger partial charge in [-0.1, -0.05) is 25.4 Å². The highest BCUT2D eigenvalue weighted by Crippen LogP contribution is 2.31. The number of anilines is 1. The van der Waals surface area contributed by atoms with Crippen LogP contribution in [0.1, 0.15) is 36.5 Å². The fraction of sp³-hybridized carbons (Fsp3) is 0.238. The summed E-state index contributed by atoms with van der Waals surface area (Å²) in [5.74, 6) is 0.676. The van der Waals surface area contributed by atoms with Gasteiger partial charge < -0.3 is 10.1 Å². The number of hydrogen-bond donors (Lipinski definition) is 1. The molecule has 1 heterocycles. The molecule has 5 nitrogen and oxygen atoms in total. The average molecular weight is 385 g/mol. The van der Waals surface area contributed by atoms with E-state index in [0.29, 0.717) is 10.7 Å². The van der Waals surface area contributed by atoms with Gasteiger partial charge in [-0.3, -0.25) is 4.79 Å². The maximum atomic E-state index is 12.8. The van der Waals surface area contributed by atoms with Crippen molar-refractivity contribution >= 4 is 35.3 Å². The quantitative estimate of drug-likeness (QED) is 0.603. The predicted octanol–water partition coefficient (Wildman–Crippen LogP) is 4.88. The summed E-state index contributed by atoms with van der Waals surface area (Å²) in [5, 5.41) is 3.19. The van der Waals surface area contributed by atoms with Gasteiger partial charge in [0.15, 0.2) is 0 Å². The third kappa shape index (κ3) is 3.69. The Morgan fingerprint density at radius 2 is 1.81 bits per heavy atom. The van der Waals surface area contributed by atoms with Crippen molar-refractivity contribution < 1.29 is 14.3 Å². The Labute approximate surface area is 163 Å². The molecule has 0 saturated carbocycles. The maximum absolute atomic E-state index is 12.8. The van der Waals surface area contributed by atoms with E-state index >= 15 is 0 Å². The molecule has 3 rings (SSSR count). The molecule has 140 valence electrons. The van der Waals surface area contributed by atoms with Gasteiger partial charge >= 0.3 is 6.03 Å². The van der Waals surface area contributed by atoms with E-state index in [4.69, 9.17) is 16.3 Å². The van der Waals surface area contributed by atoms with Gasteiger partial charge in [0.2, 0.25) is 0 Å². The standard InChI is InChI=1S/C21H21ClN2O3/c1-12(2)17-10-14(13(3)9-19(17)27-4)11-18-20(25)24(21(26)23-18)16-7-5-15(22)6-8-16/h5-12H,1-4H3,(H,23,26)/b18-11+. The number of urea groups is 1. The number of ether oxygens (including phenoxy) is 1. The molecule has 2 aromatic carbocycles. The lowest BCUT2D eigenvalue weighted by molar-refractivity contribution is -0.113. The van der Waals surface area contributed by atoms with Crippen molar-refractivity contribution in [3.8, 4) is 5.75 Å². The number of methoxy groups -OCH3 is 1. The Balaban J connectivity index is 1.99. The number of carbonyl (C=O) groups is 2. The largest absolute Gasteiger partial charge is 0.496 e. The normalized spacial score (nSPS) is 15.6. The summed E-state index contributed by atoms with van der Waals surface area (Å²) in [4.78, 5) is 26.2. The molecular weight excluding hydrogens is 364 g/mol. The van der Waals surface area contributed by atoms with Gasteiger partial charge in [0.25, 0.3) is 5.91 Å². The summed E-state index contributed by atoms with van der Waals surface area (Å²) in [6.45, 7) is 6.10. The van der Waals surface area contributed by atoms with Gasteiger partial charge in [0.05, 0.1) is 12.8 Å². The predicted molar refractivity (Wildman–Crippen MR) is 107 cm³/mol. The number of benzene rings is 2. The minimum absolute atomic E-state index is 0.234. The Morgan fingerprint density at radius 3 is 2.41 bits per heavy atom. The first-order valence-electron chi connectivity index (χ1n) is 8.63. The summed E-state index contributed by atoms with van der Waals surface area (Å²) in [7, 11) is 1.64. The molecule has 0 spiro atoms. The lowest BCUT2D eigenvalue weighted by Gasteiger charge is -2.15. The van der Waals surface area contributed by atoms with Crippen LogP contribution in [0.5, 0.6) is 5.75 Å².